The molecule has 1 aromatic carbocycles. The van der Waals surface area contributed by atoms with Gasteiger partial charge in [-0.25, -0.2) is 0 Å². The van der Waals surface area contributed by atoms with Crippen LogP contribution >= 0.6 is 15.9 Å². The number of rotatable bonds is 5. The molecule has 1 aliphatic carbocycles. The van der Waals surface area contributed by atoms with Gasteiger partial charge < -0.3 is 4.74 Å². The van der Waals surface area contributed by atoms with Crippen LogP contribution in [0.4, 0.5) is 0 Å². The Hall–Kier alpha value is -1.09. The average molecular weight is 309 g/mol. The Morgan fingerprint density at radius 1 is 1.39 bits per heavy atom. The van der Waals surface area contributed by atoms with Gasteiger partial charge in [-0.05, 0) is 64.5 Å². The van der Waals surface area contributed by atoms with Crippen LogP contribution in [0.3, 0.4) is 0 Å². The molecule has 3 heteroatoms. The first-order chi connectivity index (χ1) is 8.76. The molecule has 0 fully saturated rings. The van der Waals surface area contributed by atoms with Crippen LogP contribution in [0.15, 0.2) is 23.8 Å². The molecule has 0 saturated carbocycles. The van der Waals surface area contributed by atoms with Gasteiger partial charge in [0, 0.05) is 10.1 Å². The second kappa shape index (κ2) is 6.19. The van der Waals surface area contributed by atoms with Gasteiger partial charge in [-0.1, -0.05) is 13.3 Å². The summed E-state index contributed by atoms with van der Waals surface area (Å²) >= 11 is 3.51. The predicted octanol–water partition coefficient (Wildman–Crippen LogP) is 4.12. The van der Waals surface area contributed by atoms with E-state index in [4.69, 9.17) is 4.74 Å². The highest BCUT2D eigenvalue weighted by Crippen LogP contribution is 2.36. The van der Waals surface area contributed by atoms with E-state index >= 15 is 0 Å². The van der Waals surface area contributed by atoms with Crippen molar-refractivity contribution in [2.45, 2.75) is 32.6 Å². The third-order valence-corrected chi connectivity index (χ3v) is 4.10. The molecule has 0 N–H and O–H groups in total. The summed E-state index contributed by atoms with van der Waals surface area (Å²) in [7, 11) is 0. The van der Waals surface area contributed by atoms with Gasteiger partial charge in [0.2, 0.25) is 0 Å². The van der Waals surface area contributed by atoms with Crippen molar-refractivity contribution < 1.29 is 9.53 Å². The zero-order valence-electron chi connectivity index (χ0n) is 10.5. The smallest absolute Gasteiger partial charge is 0.147 e. The maximum atomic E-state index is 10.9. The number of allylic oxidation sites excluding steroid dienone is 1. The first-order valence-corrected chi connectivity index (χ1v) is 7.15. The Morgan fingerprint density at radius 3 is 2.94 bits per heavy atom. The Morgan fingerprint density at radius 2 is 2.22 bits per heavy atom. The number of hydrogen-bond donors (Lipinski definition) is 0. The van der Waals surface area contributed by atoms with Crippen LogP contribution in [0.1, 0.15) is 37.3 Å². The summed E-state index contributed by atoms with van der Waals surface area (Å²) in [6.07, 6.45) is 4.87. The lowest BCUT2D eigenvalue weighted by molar-refractivity contribution is -0.105. The van der Waals surface area contributed by atoms with Crippen LogP contribution in [0.25, 0.3) is 4.48 Å². The molecule has 0 spiro atoms. The molecule has 1 aromatic rings. The molecule has 2 rings (SSSR count). The number of carbonyl (C=O) groups is 1. The lowest BCUT2D eigenvalue weighted by atomic mass is 9.92. The molecule has 0 aliphatic heterocycles. The van der Waals surface area contributed by atoms with E-state index in [1.165, 1.54) is 5.56 Å². The summed E-state index contributed by atoms with van der Waals surface area (Å²) in [5.41, 5.74) is 3.22. The molecular formula is C15H17BrO2. The van der Waals surface area contributed by atoms with E-state index in [0.29, 0.717) is 0 Å². The summed E-state index contributed by atoms with van der Waals surface area (Å²) < 4.78 is 6.63. The maximum absolute atomic E-state index is 10.9. The Labute approximate surface area is 116 Å². The topological polar surface area (TPSA) is 26.3 Å². The van der Waals surface area contributed by atoms with Gasteiger partial charge in [0.05, 0.1) is 6.61 Å². The number of aldehydes is 1. The number of carbonyl (C=O) groups excluding carboxylic acids is 1. The van der Waals surface area contributed by atoms with Crippen LogP contribution < -0.4 is 4.74 Å². The molecule has 0 amide bonds. The molecule has 2 nitrogen and oxygen atoms in total. The normalized spacial score (nSPS) is 14.3. The van der Waals surface area contributed by atoms with E-state index in [0.717, 1.165) is 59.9 Å². The molecular weight excluding hydrogens is 292 g/mol. The number of benzene rings is 1. The van der Waals surface area contributed by atoms with Crippen LogP contribution in [-0.2, 0) is 11.2 Å². The van der Waals surface area contributed by atoms with E-state index in [-0.39, 0.29) is 0 Å². The molecule has 0 heterocycles. The third kappa shape index (κ3) is 2.83. The number of unbranched alkanes of at least 4 members (excludes halogenated alkanes) is 1. The minimum atomic E-state index is 0.770. The largest absolute Gasteiger partial charge is 0.494 e. The zero-order chi connectivity index (χ0) is 13.0. The fraction of sp³-hybridized carbons (Fsp3) is 0.400. The van der Waals surface area contributed by atoms with Gasteiger partial charge in [-0.15, -0.1) is 0 Å². The summed E-state index contributed by atoms with van der Waals surface area (Å²) in [5.74, 6) is 0.928. The molecule has 0 bridgehead atoms. The van der Waals surface area contributed by atoms with Crippen molar-refractivity contribution in [2.24, 2.45) is 0 Å². The fourth-order valence-electron chi connectivity index (χ4n) is 2.08. The number of halogens is 1. The summed E-state index contributed by atoms with van der Waals surface area (Å²) in [5, 5.41) is 0. The second-order valence-electron chi connectivity index (χ2n) is 4.48. The number of hydrogen-bond acceptors (Lipinski definition) is 2. The molecule has 0 atom stereocenters. The number of ether oxygens (including phenoxy) is 1. The van der Waals surface area contributed by atoms with Crippen LogP contribution in [0.5, 0.6) is 5.75 Å². The predicted molar refractivity (Wildman–Crippen MR) is 77.1 cm³/mol. The van der Waals surface area contributed by atoms with Crippen molar-refractivity contribution in [2.75, 3.05) is 6.61 Å². The van der Waals surface area contributed by atoms with E-state index in [2.05, 4.69) is 28.9 Å². The third-order valence-electron chi connectivity index (χ3n) is 3.17. The highest BCUT2D eigenvalue weighted by molar-refractivity contribution is 9.15. The van der Waals surface area contributed by atoms with E-state index < -0.39 is 0 Å². The fourth-order valence-corrected chi connectivity index (χ4v) is 2.76. The van der Waals surface area contributed by atoms with Gasteiger partial charge in [-0.3, -0.25) is 4.79 Å². The monoisotopic (exact) mass is 308 g/mol. The van der Waals surface area contributed by atoms with Gasteiger partial charge in [-0.2, -0.15) is 0 Å². The first-order valence-electron chi connectivity index (χ1n) is 6.36. The van der Waals surface area contributed by atoms with Crippen molar-refractivity contribution >= 4 is 26.7 Å². The maximum Gasteiger partial charge on any atom is 0.147 e. The van der Waals surface area contributed by atoms with Gasteiger partial charge >= 0.3 is 0 Å². The van der Waals surface area contributed by atoms with Crippen molar-refractivity contribution in [1.29, 1.82) is 0 Å². The molecule has 1 aliphatic rings. The van der Waals surface area contributed by atoms with Gasteiger partial charge in [0.1, 0.15) is 12.0 Å². The van der Waals surface area contributed by atoms with Crippen molar-refractivity contribution in [1.82, 2.24) is 0 Å². The average Bonchev–Trinajstić information content (AvgIpc) is 2.39. The van der Waals surface area contributed by atoms with Gasteiger partial charge in [0.25, 0.3) is 0 Å². The molecule has 96 valence electrons. The van der Waals surface area contributed by atoms with Gasteiger partial charge in [0.15, 0.2) is 0 Å². The molecule has 0 aromatic heterocycles. The van der Waals surface area contributed by atoms with Crippen LogP contribution in [0, 0.1) is 0 Å². The minimum Gasteiger partial charge on any atom is -0.494 e. The highest BCUT2D eigenvalue weighted by Gasteiger charge is 2.17. The summed E-state index contributed by atoms with van der Waals surface area (Å²) in [4.78, 5) is 10.9. The first kappa shape index (κ1) is 13.3. The minimum absolute atomic E-state index is 0.770. The SMILES string of the molecule is CCCCOc1ccc2c(c1)CCC(C=O)=C2Br. The molecule has 0 unspecified atom stereocenters. The summed E-state index contributed by atoms with van der Waals surface area (Å²) in [6.45, 7) is 2.92. The van der Waals surface area contributed by atoms with E-state index in [1.54, 1.807) is 0 Å². The Balaban J connectivity index is 2.19. The van der Waals surface area contributed by atoms with Crippen molar-refractivity contribution in [3.8, 4) is 5.75 Å². The number of aryl methyl sites for hydroxylation is 1. The zero-order valence-corrected chi connectivity index (χ0v) is 12.1. The van der Waals surface area contributed by atoms with Crippen molar-refractivity contribution in [3.05, 3.63) is 34.9 Å². The van der Waals surface area contributed by atoms with Crippen LogP contribution in [0.2, 0.25) is 0 Å². The second-order valence-corrected chi connectivity index (χ2v) is 5.27. The number of fused-ring (bicyclic) bond motifs is 1. The van der Waals surface area contributed by atoms with Crippen LogP contribution in [-0.4, -0.2) is 12.9 Å². The summed E-state index contributed by atoms with van der Waals surface area (Å²) in [6, 6.07) is 6.10. The highest BCUT2D eigenvalue weighted by atomic mass is 79.9. The lowest BCUT2D eigenvalue weighted by Gasteiger charge is -2.18. The quantitative estimate of drug-likeness (QED) is 0.604. The molecule has 0 radical (unpaired) electrons. The molecule has 18 heavy (non-hydrogen) atoms. The standard InChI is InChI=1S/C15H17BrO2/c1-2-3-8-18-13-6-7-14-11(9-13)4-5-12(10-17)15(14)16/h6-7,9-10H,2-5,8H2,1H3. The Bertz CT molecular complexity index is 477. The lowest BCUT2D eigenvalue weighted by Crippen LogP contribution is -2.04. The molecule has 0 saturated heterocycles. The van der Waals surface area contributed by atoms with E-state index in [9.17, 15) is 4.79 Å². The van der Waals surface area contributed by atoms with Crippen molar-refractivity contribution in [3.63, 3.8) is 0 Å². The Kier molecular flexibility index (Phi) is 4.59. The van der Waals surface area contributed by atoms with E-state index in [1.807, 2.05) is 12.1 Å².